The maximum Gasteiger partial charge on any atom is 0.132 e. The van der Waals surface area contributed by atoms with E-state index >= 15 is 0 Å². The third-order valence-electron chi connectivity index (χ3n) is 3.62. The van der Waals surface area contributed by atoms with E-state index in [0.717, 1.165) is 31.0 Å². The summed E-state index contributed by atoms with van der Waals surface area (Å²) in [6.07, 6.45) is 5.79. The zero-order chi connectivity index (χ0) is 13.1. The minimum Gasteiger partial charge on any atom is -0.356 e. The molecule has 19 heavy (non-hydrogen) atoms. The van der Waals surface area contributed by atoms with Gasteiger partial charge in [0.05, 0.1) is 0 Å². The Bertz CT molecular complexity index is 541. The van der Waals surface area contributed by atoms with Gasteiger partial charge in [0.15, 0.2) is 0 Å². The molecule has 0 aromatic carbocycles. The second kappa shape index (κ2) is 5.34. The van der Waals surface area contributed by atoms with Crippen molar-refractivity contribution >= 4 is 5.82 Å². The molecule has 0 aliphatic carbocycles. The predicted octanol–water partition coefficient (Wildman–Crippen LogP) is 2.25. The molecule has 4 nitrogen and oxygen atoms in total. The first-order chi connectivity index (χ1) is 9.31. The number of anilines is 1. The van der Waals surface area contributed by atoms with Crippen LogP contribution in [0.2, 0.25) is 0 Å². The van der Waals surface area contributed by atoms with Crippen molar-refractivity contribution in [1.29, 1.82) is 0 Å². The van der Waals surface area contributed by atoms with Gasteiger partial charge in [-0.1, -0.05) is 6.07 Å². The molecule has 0 bridgehead atoms. The van der Waals surface area contributed by atoms with Gasteiger partial charge in [0, 0.05) is 36.7 Å². The van der Waals surface area contributed by atoms with E-state index in [0.29, 0.717) is 5.92 Å². The van der Waals surface area contributed by atoms with Crippen LogP contribution in [-0.4, -0.2) is 28.0 Å². The molecule has 0 radical (unpaired) electrons. The van der Waals surface area contributed by atoms with Gasteiger partial charge in [0.1, 0.15) is 12.1 Å². The predicted molar refractivity (Wildman–Crippen MR) is 75.0 cm³/mol. The molecule has 0 saturated carbocycles. The van der Waals surface area contributed by atoms with Crippen LogP contribution in [0.5, 0.6) is 0 Å². The van der Waals surface area contributed by atoms with Gasteiger partial charge in [-0.25, -0.2) is 9.97 Å². The van der Waals surface area contributed by atoms with Crippen molar-refractivity contribution in [3.8, 4) is 0 Å². The zero-order valence-corrected chi connectivity index (χ0v) is 11.2. The number of hydrogen-bond donors (Lipinski definition) is 0. The highest BCUT2D eigenvalue weighted by atomic mass is 15.2. The molecule has 3 rings (SSSR count). The normalized spacial score (nSPS) is 18.8. The molecule has 0 amide bonds. The Morgan fingerprint density at radius 1 is 1.26 bits per heavy atom. The monoisotopic (exact) mass is 254 g/mol. The molecule has 4 heteroatoms. The van der Waals surface area contributed by atoms with E-state index in [9.17, 15) is 0 Å². The maximum atomic E-state index is 4.41. The quantitative estimate of drug-likeness (QED) is 0.842. The van der Waals surface area contributed by atoms with E-state index in [1.54, 1.807) is 6.33 Å². The number of nitrogens with zero attached hydrogens (tertiary/aromatic N) is 4. The standard InChI is InChI=1S/C15H18N4/c1-12-8-15(18-11-17-12)19-7-5-13(10-19)9-14-4-2-3-6-16-14/h2-4,6,8,11,13H,5,7,9-10H2,1H3/t13-/m0/s1. The first kappa shape index (κ1) is 12.1. The van der Waals surface area contributed by atoms with Crippen LogP contribution in [0.3, 0.4) is 0 Å². The van der Waals surface area contributed by atoms with E-state index in [-0.39, 0.29) is 0 Å². The van der Waals surface area contributed by atoms with Crippen LogP contribution in [0, 0.1) is 12.8 Å². The second-order valence-corrected chi connectivity index (χ2v) is 5.14. The molecular formula is C15H18N4. The highest BCUT2D eigenvalue weighted by Gasteiger charge is 2.24. The van der Waals surface area contributed by atoms with Crippen molar-refractivity contribution in [2.24, 2.45) is 5.92 Å². The second-order valence-electron chi connectivity index (χ2n) is 5.14. The van der Waals surface area contributed by atoms with Crippen molar-refractivity contribution in [2.45, 2.75) is 19.8 Å². The van der Waals surface area contributed by atoms with Crippen molar-refractivity contribution < 1.29 is 0 Å². The summed E-state index contributed by atoms with van der Waals surface area (Å²) in [6, 6.07) is 8.19. The van der Waals surface area contributed by atoms with Crippen molar-refractivity contribution in [1.82, 2.24) is 15.0 Å². The summed E-state index contributed by atoms with van der Waals surface area (Å²) < 4.78 is 0. The fourth-order valence-corrected chi connectivity index (χ4v) is 2.64. The number of rotatable bonds is 3. The molecule has 98 valence electrons. The van der Waals surface area contributed by atoms with Crippen LogP contribution in [0.4, 0.5) is 5.82 Å². The topological polar surface area (TPSA) is 41.9 Å². The summed E-state index contributed by atoms with van der Waals surface area (Å²) in [7, 11) is 0. The van der Waals surface area contributed by atoms with Gasteiger partial charge in [0.25, 0.3) is 0 Å². The lowest BCUT2D eigenvalue weighted by atomic mass is 10.0. The van der Waals surface area contributed by atoms with Crippen molar-refractivity contribution in [2.75, 3.05) is 18.0 Å². The number of hydrogen-bond acceptors (Lipinski definition) is 4. The van der Waals surface area contributed by atoms with Gasteiger partial charge in [-0.3, -0.25) is 4.98 Å². The molecule has 3 heterocycles. The molecule has 2 aromatic heterocycles. The van der Waals surface area contributed by atoms with Gasteiger partial charge in [0.2, 0.25) is 0 Å². The summed E-state index contributed by atoms with van der Waals surface area (Å²) in [5, 5.41) is 0. The van der Waals surface area contributed by atoms with E-state index in [1.807, 2.05) is 19.2 Å². The Labute approximate surface area is 113 Å². The SMILES string of the molecule is Cc1cc(N2CC[C@@H](Cc3ccccn3)C2)ncn1. The molecular weight excluding hydrogens is 236 g/mol. The third kappa shape index (κ3) is 2.89. The first-order valence-corrected chi connectivity index (χ1v) is 6.75. The summed E-state index contributed by atoms with van der Waals surface area (Å²) in [5.74, 6) is 1.72. The number of aromatic nitrogens is 3. The lowest BCUT2D eigenvalue weighted by Gasteiger charge is -2.17. The summed E-state index contributed by atoms with van der Waals surface area (Å²) in [6.45, 7) is 4.15. The van der Waals surface area contributed by atoms with Crippen LogP contribution in [0.15, 0.2) is 36.8 Å². The molecule has 0 unspecified atom stereocenters. The average molecular weight is 254 g/mol. The first-order valence-electron chi connectivity index (χ1n) is 6.75. The smallest absolute Gasteiger partial charge is 0.132 e. The summed E-state index contributed by atoms with van der Waals surface area (Å²) in [5.41, 5.74) is 2.21. The lowest BCUT2D eigenvalue weighted by molar-refractivity contribution is 0.577. The number of pyridine rings is 1. The van der Waals surface area contributed by atoms with Crippen molar-refractivity contribution in [3.63, 3.8) is 0 Å². The Morgan fingerprint density at radius 3 is 3.00 bits per heavy atom. The third-order valence-corrected chi connectivity index (χ3v) is 3.62. The van der Waals surface area contributed by atoms with E-state index in [2.05, 4.69) is 38.1 Å². The molecule has 1 aliphatic rings. The lowest BCUT2D eigenvalue weighted by Crippen LogP contribution is -2.21. The van der Waals surface area contributed by atoms with Gasteiger partial charge >= 0.3 is 0 Å². The van der Waals surface area contributed by atoms with Crippen LogP contribution >= 0.6 is 0 Å². The Kier molecular flexibility index (Phi) is 3.40. The molecule has 1 fully saturated rings. The Morgan fingerprint density at radius 2 is 2.21 bits per heavy atom. The zero-order valence-electron chi connectivity index (χ0n) is 11.2. The molecule has 1 saturated heterocycles. The highest BCUT2D eigenvalue weighted by molar-refractivity contribution is 5.39. The molecule has 1 aliphatic heterocycles. The number of aryl methyl sites for hydroxylation is 1. The van der Waals surface area contributed by atoms with Crippen LogP contribution < -0.4 is 4.90 Å². The van der Waals surface area contributed by atoms with Gasteiger partial charge in [-0.05, 0) is 37.8 Å². The summed E-state index contributed by atoms with van der Waals surface area (Å²) >= 11 is 0. The van der Waals surface area contributed by atoms with Gasteiger partial charge in [-0.2, -0.15) is 0 Å². The molecule has 0 N–H and O–H groups in total. The van der Waals surface area contributed by atoms with E-state index in [4.69, 9.17) is 0 Å². The Hall–Kier alpha value is -1.97. The van der Waals surface area contributed by atoms with Crippen LogP contribution in [0.25, 0.3) is 0 Å². The molecule has 2 aromatic rings. The fraction of sp³-hybridized carbons (Fsp3) is 0.400. The summed E-state index contributed by atoms with van der Waals surface area (Å²) in [4.78, 5) is 15.3. The van der Waals surface area contributed by atoms with E-state index < -0.39 is 0 Å². The Balaban J connectivity index is 1.64. The average Bonchev–Trinajstić information content (AvgIpc) is 2.88. The van der Waals surface area contributed by atoms with Crippen LogP contribution in [0.1, 0.15) is 17.8 Å². The van der Waals surface area contributed by atoms with Gasteiger partial charge < -0.3 is 4.90 Å². The minimum atomic E-state index is 0.671. The van der Waals surface area contributed by atoms with Crippen molar-refractivity contribution in [3.05, 3.63) is 48.2 Å². The minimum absolute atomic E-state index is 0.671. The maximum absolute atomic E-state index is 4.41. The molecule has 1 atom stereocenters. The largest absolute Gasteiger partial charge is 0.356 e. The highest BCUT2D eigenvalue weighted by Crippen LogP contribution is 2.24. The van der Waals surface area contributed by atoms with Gasteiger partial charge in [-0.15, -0.1) is 0 Å². The fourth-order valence-electron chi connectivity index (χ4n) is 2.64. The molecule has 0 spiro atoms. The van der Waals surface area contributed by atoms with Crippen LogP contribution in [-0.2, 0) is 6.42 Å². The van der Waals surface area contributed by atoms with E-state index in [1.165, 1.54) is 12.1 Å².